The zero-order valence-corrected chi connectivity index (χ0v) is 17.4. The maximum atomic E-state index is 4.47. The molecule has 2 atom stereocenters. The lowest BCUT2D eigenvalue weighted by molar-refractivity contribution is 0.0510. The highest BCUT2D eigenvalue weighted by Gasteiger charge is 2.34. The molecule has 29 heavy (non-hydrogen) atoms. The van der Waals surface area contributed by atoms with Gasteiger partial charge in [0.25, 0.3) is 0 Å². The number of hydrogen-bond donors (Lipinski definition) is 1. The molecule has 158 valence electrons. The Hall–Kier alpha value is -1.70. The summed E-state index contributed by atoms with van der Waals surface area (Å²) in [6.07, 6.45) is 14.3. The van der Waals surface area contributed by atoms with Crippen molar-refractivity contribution in [3.63, 3.8) is 0 Å². The first-order valence-corrected chi connectivity index (χ1v) is 11.5. The van der Waals surface area contributed by atoms with Crippen molar-refractivity contribution in [2.45, 2.75) is 50.2 Å². The number of hydrogen-bond acceptors (Lipinski definition) is 5. The molecule has 3 aliphatic rings. The molecule has 0 bridgehead atoms. The molecule has 2 aromatic rings. The predicted octanol–water partition coefficient (Wildman–Crippen LogP) is 2.03. The highest BCUT2D eigenvalue weighted by atomic mass is 15.3. The molecule has 3 aliphatic heterocycles. The molecule has 0 spiro atoms. The van der Waals surface area contributed by atoms with Crippen molar-refractivity contribution in [2.24, 2.45) is 5.92 Å². The van der Waals surface area contributed by atoms with Crippen molar-refractivity contribution in [3.05, 3.63) is 36.9 Å². The number of aromatic nitrogens is 4. The lowest BCUT2D eigenvalue weighted by Gasteiger charge is -2.45. The summed E-state index contributed by atoms with van der Waals surface area (Å²) in [5.41, 5.74) is 0. The SMILES string of the molecule is c1cnn(C2CCN(CC3CCNCC3N3CCC(n4cccn4)CC3)CC2)c1. The topological polar surface area (TPSA) is 54.2 Å². The average Bonchev–Trinajstić information content (AvgIpc) is 3.50. The minimum atomic E-state index is 0.581. The Morgan fingerprint density at radius 1 is 0.793 bits per heavy atom. The van der Waals surface area contributed by atoms with E-state index < -0.39 is 0 Å². The minimum absolute atomic E-state index is 0.581. The van der Waals surface area contributed by atoms with Gasteiger partial charge in [-0.2, -0.15) is 10.2 Å². The molecule has 3 saturated heterocycles. The van der Waals surface area contributed by atoms with E-state index in [0.717, 1.165) is 12.5 Å². The Bertz CT molecular complexity index is 712. The fraction of sp³-hybridized carbons (Fsp3) is 0.727. The number of piperidine rings is 3. The monoisotopic (exact) mass is 397 g/mol. The van der Waals surface area contributed by atoms with E-state index in [2.05, 4.69) is 47.1 Å². The lowest BCUT2D eigenvalue weighted by Crippen LogP contribution is -2.56. The van der Waals surface area contributed by atoms with Crippen LogP contribution in [0.3, 0.4) is 0 Å². The molecule has 0 aromatic carbocycles. The van der Waals surface area contributed by atoms with Gasteiger partial charge in [0.15, 0.2) is 0 Å². The van der Waals surface area contributed by atoms with Gasteiger partial charge in [-0.15, -0.1) is 0 Å². The highest BCUT2D eigenvalue weighted by molar-refractivity contribution is 4.92. The molecule has 5 heterocycles. The van der Waals surface area contributed by atoms with Gasteiger partial charge in [-0.05, 0) is 56.7 Å². The van der Waals surface area contributed by atoms with Crippen LogP contribution in [0.5, 0.6) is 0 Å². The molecule has 1 N–H and O–H groups in total. The van der Waals surface area contributed by atoms with Gasteiger partial charge in [0.2, 0.25) is 0 Å². The van der Waals surface area contributed by atoms with Gasteiger partial charge in [0.05, 0.1) is 12.1 Å². The van der Waals surface area contributed by atoms with Gasteiger partial charge < -0.3 is 10.2 Å². The predicted molar refractivity (Wildman–Crippen MR) is 114 cm³/mol. The van der Waals surface area contributed by atoms with Crippen molar-refractivity contribution in [1.29, 1.82) is 0 Å². The first-order chi connectivity index (χ1) is 14.4. The van der Waals surface area contributed by atoms with E-state index in [1.165, 1.54) is 71.4 Å². The summed E-state index contributed by atoms with van der Waals surface area (Å²) < 4.78 is 4.33. The van der Waals surface area contributed by atoms with Crippen LogP contribution in [-0.4, -0.2) is 81.2 Å². The first kappa shape index (κ1) is 19.3. The quantitative estimate of drug-likeness (QED) is 0.837. The molecule has 7 heteroatoms. The van der Waals surface area contributed by atoms with Gasteiger partial charge in [-0.25, -0.2) is 0 Å². The Kier molecular flexibility index (Phi) is 5.97. The van der Waals surface area contributed by atoms with Crippen LogP contribution < -0.4 is 5.32 Å². The van der Waals surface area contributed by atoms with Crippen molar-refractivity contribution in [3.8, 4) is 0 Å². The Morgan fingerprint density at radius 3 is 2.00 bits per heavy atom. The highest BCUT2D eigenvalue weighted by Crippen LogP contribution is 2.29. The van der Waals surface area contributed by atoms with Crippen LogP contribution in [0.4, 0.5) is 0 Å². The van der Waals surface area contributed by atoms with Gasteiger partial charge in [-0.3, -0.25) is 14.3 Å². The molecule has 5 rings (SSSR count). The van der Waals surface area contributed by atoms with Crippen molar-refractivity contribution >= 4 is 0 Å². The number of rotatable bonds is 5. The first-order valence-electron chi connectivity index (χ1n) is 11.5. The van der Waals surface area contributed by atoms with Crippen molar-refractivity contribution in [1.82, 2.24) is 34.7 Å². The van der Waals surface area contributed by atoms with Crippen LogP contribution in [0, 0.1) is 5.92 Å². The zero-order valence-electron chi connectivity index (χ0n) is 17.4. The van der Waals surface area contributed by atoms with Crippen LogP contribution in [0.25, 0.3) is 0 Å². The normalized spacial score (nSPS) is 28.7. The number of nitrogens with zero attached hydrogens (tertiary/aromatic N) is 6. The largest absolute Gasteiger partial charge is 0.315 e. The van der Waals surface area contributed by atoms with Crippen LogP contribution in [0.2, 0.25) is 0 Å². The summed E-state index contributed by atoms with van der Waals surface area (Å²) in [6.45, 7) is 8.42. The summed E-state index contributed by atoms with van der Waals surface area (Å²) in [5, 5.41) is 12.6. The van der Waals surface area contributed by atoms with Gasteiger partial charge >= 0.3 is 0 Å². The second kappa shape index (κ2) is 8.98. The molecule has 2 aromatic heterocycles. The average molecular weight is 398 g/mol. The van der Waals surface area contributed by atoms with E-state index >= 15 is 0 Å². The maximum Gasteiger partial charge on any atom is 0.0543 e. The van der Waals surface area contributed by atoms with Crippen molar-refractivity contribution in [2.75, 3.05) is 45.8 Å². The Balaban J connectivity index is 1.14. The standard InChI is InChI=1S/C22H35N7/c1-8-24-28(11-1)20-4-13-26(14-5-20)18-19-3-10-23-17-22(19)27-15-6-21(7-16-27)29-12-2-9-25-29/h1-2,8-9,11-12,19-23H,3-7,10,13-18H2. The van der Waals surface area contributed by atoms with Crippen LogP contribution in [0.15, 0.2) is 36.9 Å². The van der Waals surface area contributed by atoms with E-state index in [1.54, 1.807) is 0 Å². The summed E-state index contributed by atoms with van der Waals surface area (Å²) in [4.78, 5) is 5.49. The molecule has 0 aliphatic carbocycles. The third-order valence-electron chi connectivity index (χ3n) is 7.41. The summed E-state index contributed by atoms with van der Waals surface area (Å²) in [7, 11) is 0. The number of likely N-dealkylation sites (tertiary alicyclic amines) is 2. The Morgan fingerprint density at radius 2 is 1.41 bits per heavy atom. The van der Waals surface area contributed by atoms with Gasteiger partial charge in [0.1, 0.15) is 0 Å². The second-order valence-electron chi connectivity index (χ2n) is 9.09. The van der Waals surface area contributed by atoms with E-state index in [0.29, 0.717) is 18.1 Å². The van der Waals surface area contributed by atoms with E-state index in [-0.39, 0.29) is 0 Å². The maximum absolute atomic E-state index is 4.47. The molecule has 0 radical (unpaired) electrons. The van der Waals surface area contributed by atoms with Crippen LogP contribution >= 0.6 is 0 Å². The third-order valence-corrected chi connectivity index (χ3v) is 7.41. The molecular weight excluding hydrogens is 362 g/mol. The molecule has 0 amide bonds. The fourth-order valence-electron chi connectivity index (χ4n) is 5.71. The molecule has 3 fully saturated rings. The third kappa shape index (κ3) is 4.42. The Labute approximate surface area is 174 Å². The molecular formula is C22H35N7. The fourth-order valence-corrected chi connectivity index (χ4v) is 5.71. The zero-order chi connectivity index (χ0) is 19.5. The smallest absolute Gasteiger partial charge is 0.0543 e. The van der Waals surface area contributed by atoms with E-state index in [1.807, 2.05) is 24.5 Å². The van der Waals surface area contributed by atoms with Gasteiger partial charge in [-0.1, -0.05) is 0 Å². The summed E-state index contributed by atoms with van der Waals surface area (Å²) in [6, 6.07) is 5.94. The second-order valence-corrected chi connectivity index (χ2v) is 9.09. The van der Waals surface area contributed by atoms with E-state index in [9.17, 15) is 0 Å². The van der Waals surface area contributed by atoms with Crippen LogP contribution in [-0.2, 0) is 0 Å². The van der Waals surface area contributed by atoms with E-state index in [4.69, 9.17) is 0 Å². The summed E-state index contributed by atoms with van der Waals surface area (Å²) in [5.74, 6) is 0.791. The summed E-state index contributed by atoms with van der Waals surface area (Å²) >= 11 is 0. The lowest BCUT2D eigenvalue weighted by atomic mass is 9.88. The number of nitrogens with one attached hydrogen (secondary N) is 1. The van der Waals surface area contributed by atoms with Crippen molar-refractivity contribution < 1.29 is 0 Å². The molecule has 7 nitrogen and oxygen atoms in total. The van der Waals surface area contributed by atoms with Crippen LogP contribution in [0.1, 0.15) is 44.2 Å². The van der Waals surface area contributed by atoms with Gasteiger partial charge in [0, 0.05) is 70.1 Å². The molecule has 2 unspecified atom stereocenters. The minimum Gasteiger partial charge on any atom is -0.315 e. The molecule has 0 saturated carbocycles.